The summed E-state index contributed by atoms with van der Waals surface area (Å²) in [6.45, 7) is 0. The molecule has 0 fully saturated rings. The van der Waals surface area contributed by atoms with Crippen LogP contribution < -0.4 is 0 Å². The van der Waals surface area contributed by atoms with Gasteiger partial charge in [0.15, 0.2) is 17.4 Å². The summed E-state index contributed by atoms with van der Waals surface area (Å²) in [6, 6.07) is 9.27. The minimum atomic E-state index is -1.64. The lowest BCUT2D eigenvalue weighted by molar-refractivity contribution is 0.102. The fraction of sp³-hybridized carbons (Fsp3) is 0.0714. The summed E-state index contributed by atoms with van der Waals surface area (Å²) in [7, 11) is -1.64. The Bertz CT molecular complexity index is 689. The van der Waals surface area contributed by atoms with Gasteiger partial charge in [-0.2, -0.15) is 0 Å². The Morgan fingerprint density at radius 2 is 1.80 bits per heavy atom. The summed E-state index contributed by atoms with van der Waals surface area (Å²) in [5.74, 6) is -3.02. The first-order valence-corrected chi connectivity index (χ1v) is 7.30. The summed E-state index contributed by atoms with van der Waals surface area (Å²) in [4.78, 5) is 12.2. The maximum atomic E-state index is 13.0. The molecule has 0 aromatic heterocycles. The van der Waals surface area contributed by atoms with Gasteiger partial charge < -0.3 is 0 Å². The van der Waals surface area contributed by atoms with Gasteiger partial charge in [0.1, 0.15) is 0 Å². The monoisotopic (exact) mass is 314 g/mol. The zero-order valence-corrected chi connectivity index (χ0v) is 11.7. The summed E-state index contributed by atoms with van der Waals surface area (Å²) < 4.78 is 37.9. The molecule has 0 amide bonds. The van der Waals surface area contributed by atoms with E-state index in [2.05, 4.69) is 0 Å². The van der Waals surface area contributed by atoms with Crippen LogP contribution in [0.2, 0.25) is 5.02 Å². The highest BCUT2D eigenvalue weighted by Gasteiger charge is 2.16. The zero-order chi connectivity index (χ0) is 14.7. The number of halogens is 3. The van der Waals surface area contributed by atoms with Gasteiger partial charge in [-0.15, -0.1) is 0 Å². The fourth-order valence-corrected chi connectivity index (χ4v) is 3.05. The highest BCUT2D eigenvalue weighted by Crippen LogP contribution is 2.20. The lowest BCUT2D eigenvalue weighted by Crippen LogP contribution is -2.12. The van der Waals surface area contributed by atoms with Crippen molar-refractivity contribution in [2.75, 3.05) is 5.75 Å². The molecule has 104 valence electrons. The molecule has 2 aromatic carbocycles. The van der Waals surface area contributed by atoms with Crippen LogP contribution in [0.3, 0.4) is 0 Å². The highest BCUT2D eigenvalue weighted by atomic mass is 35.5. The second-order valence-electron chi connectivity index (χ2n) is 3.97. The van der Waals surface area contributed by atoms with Crippen molar-refractivity contribution < 1.29 is 17.8 Å². The molecule has 20 heavy (non-hydrogen) atoms. The Labute approximate surface area is 121 Å². The third-order valence-corrected chi connectivity index (χ3v) is 4.40. The molecular weight excluding hydrogens is 306 g/mol. The topological polar surface area (TPSA) is 34.1 Å². The first-order chi connectivity index (χ1) is 9.49. The summed E-state index contributed by atoms with van der Waals surface area (Å²) >= 11 is 5.88. The number of Topliss-reactive ketones (excluding diaryl/α,β-unsaturated/α-hetero) is 1. The first-order valence-electron chi connectivity index (χ1n) is 5.60. The van der Waals surface area contributed by atoms with E-state index in [-0.39, 0.29) is 11.3 Å². The van der Waals surface area contributed by atoms with Crippen LogP contribution in [0.25, 0.3) is 0 Å². The highest BCUT2D eigenvalue weighted by molar-refractivity contribution is 7.86. The van der Waals surface area contributed by atoms with Gasteiger partial charge in [-0.05, 0) is 30.3 Å². The van der Waals surface area contributed by atoms with Crippen LogP contribution in [0, 0.1) is 11.6 Å². The molecule has 0 N–H and O–H groups in total. The third kappa shape index (κ3) is 3.29. The first kappa shape index (κ1) is 14.8. The van der Waals surface area contributed by atoms with E-state index in [0.29, 0.717) is 9.92 Å². The number of carbonyl (C=O) groups is 1. The minimum Gasteiger partial charge on any atom is -0.293 e. The molecule has 0 saturated heterocycles. The van der Waals surface area contributed by atoms with Gasteiger partial charge in [0.25, 0.3) is 0 Å². The average molecular weight is 315 g/mol. The van der Waals surface area contributed by atoms with E-state index in [1.54, 1.807) is 24.3 Å². The Morgan fingerprint density at radius 1 is 1.10 bits per heavy atom. The molecular formula is C14H9ClF2O2S. The molecule has 0 heterocycles. The van der Waals surface area contributed by atoms with Crippen LogP contribution in [0.15, 0.2) is 47.4 Å². The molecule has 0 spiro atoms. The summed E-state index contributed by atoms with van der Waals surface area (Å²) in [5, 5.41) is 0.295. The molecule has 1 atom stereocenters. The molecule has 2 nitrogen and oxygen atoms in total. The van der Waals surface area contributed by atoms with Crippen LogP contribution in [0.4, 0.5) is 8.78 Å². The Hall–Kier alpha value is -1.59. The lowest BCUT2D eigenvalue weighted by atomic mass is 10.1. The molecule has 2 rings (SSSR count). The van der Waals surface area contributed by atoms with Gasteiger partial charge in [-0.1, -0.05) is 23.7 Å². The molecule has 0 radical (unpaired) electrons. The van der Waals surface area contributed by atoms with Crippen molar-refractivity contribution in [1.82, 2.24) is 0 Å². The Kier molecular flexibility index (Phi) is 4.62. The molecule has 0 aliphatic heterocycles. The van der Waals surface area contributed by atoms with E-state index < -0.39 is 28.2 Å². The number of hydrogen-bond acceptors (Lipinski definition) is 2. The third-order valence-electron chi connectivity index (χ3n) is 2.59. The smallest absolute Gasteiger partial charge is 0.175 e. The fourth-order valence-electron chi connectivity index (χ4n) is 1.58. The molecule has 0 bridgehead atoms. The van der Waals surface area contributed by atoms with Crippen molar-refractivity contribution in [3.8, 4) is 0 Å². The summed E-state index contributed by atoms with van der Waals surface area (Å²) in [5.41, 5.74) is -0.0238. The van der Waals surface area contributed by atoms with Crippen LogP contribution >= 0.6 is 11.6 Å². The second kappa shape index (κ2) is 6.24. The van der Waals surface area contributed by atoms with E-state index >= 15 is 0 Å². The number of hydrogen-bond donors (Lipinski definition) is 0. The standard InChI is InChI=1S/C14H9ClF2O2S/c15-10-3-1-2-4-14(10)20(19)8-13(18)9-5-6-11(16)12(17)7-9/h1-7H,8H2. The van der Waals surface area contributed by atoms with Gasteiger partial charge in [-0.25, -0.2) is 8.78 Å². The van der Waals surface area contributed by atoms with Gasteiger partial charge in [0, 0.05) is 5.56 Å². The maximum Gasteiger partial charge on any atom is 0.175 e. The summed E-state index contributed by atoms with van der Waals surface area (Å²) in [6.07, 6.45) is 0. The van der Waals surface area contributed by atoms with Crippen molar-refractivity contribution in [3.63, 3.8) is 0 Å². The molecule has 1 unspecified atom stereocenters. The average Bonchev–Trinajstić information content (AvgIpc) is 2.42. The van der Waals surface area contributed by atoms with Crippen LogP contribution in [-0.4, -0.2) is 15.7 Å². The SMILES string of the molecule is O=C(CS(=O)c1ccccc1Cl)c1ccc(F)c(F)c1. The maximum absolute atomic E-state index is 13.0. The van der Waals surface area contributed by atoms with Crippen LogP contribution in [0.5, 0.6) is 0 Å². The van der Waals surface area contributed by atoms with Crippen molar-refractivity contribution in [2.24, 2.45) is 0 Å². The number of rotatable bonds is 4. The van der Waals surface area contributed by atoms with Gasteiger partial charge in [0.05, 0.1) is 26.5 Å². The van der Waals surface area contributed by atoms with E-state index in [1.807, 2.05) is 0 Å². The van der Waals surface area contributed by atoms with Gasteiger partial charge in [-0.3, -0.25) is 9.00 Å². The lowest BCUT2D eigenvalue weighted by Gasteiger charge is -2.04. The molecule has 2 aromatic rings. The molecule has 0 saturated carbocycles. The van der Waals surface area contributed by atoms with Gasteiger partial charge in [0.2, 0.25) is 0 Å². The van der Waals surface area contributed by atoms with E-state index in [1.165, 1.54) is 0 Å². The molecule has 0 aliphatic carbocycles. The van der Waals surface area contributed by atoms with Crippen LogP contribution in [-0.2, 0) is 10.8 Å². The second-order valence-corrected chi connectivity index (χ2v) is 5.80. The quantitative estimate of drug-likeness (QED) is 0.808. The van der Waals surface area contributed by atoms with Crippen molar-refractivity contribution in [1.29, 1.82) is 0 Å². The predicted octanol–water partition coefficient (Wildman–Crippen LogP) is 3.61. The number of carbonyl (C=O) groups excluding carboxylic acids is 1. The largest absolute Gasteiger partial charge is 0.293 e. The molecule has 6 heteroatoms. The minimum absolute atomic E-state index is 0.0238. The zero-order valence-electron chi connectivity index (χ0n) is 10.1. The number of benzene rings is 2. The Balaban J connectivity index is 2.17. The Morgan fingerprint density at radius 3 is 2.45 bits per heavy atom. The number of ketones is 1. The van der Waals surface area contributed by atoms with Crippen LogP contribution in [0.1, 0.15) is 10.4 Å². The van der Waals surface area contributed by atoms with Gasteiger partial charge >= 0.3 is 0 Å². The van der Waals surface area contributed by atoms with Crippen molar-refractivity contribution >= 4 is 28.2 Å². The van der Waals surface area contributed by atoms with E-state index in [0.717, 1.165) is 18.2 Å². The van der Waals surface area contributed by atoms with E-state index in [4.69, 9.17) is 11.6 Å². The molecule has 0 aliphatic rings. The predicted molar refractivity (Wildman–Crippen MR) is 73.4 cm³/mol. The van der Waals surface area contributed by atoms with Crippen molar-refractivity contribution in [2.45, 2.75) is 4.90 Å². The van der Waals surface area contributed by atoms with E-state index in [9.17, 15) is 17.8 Å². The van der Waals surface area contributed by atoms with Crippen molar-refractivity contribution in [3.05, 3.63) is 64.7 Å². The normalized spacial score (nSPS) is 12.2.